The van der Waals surface area contributed by atoms with Gasteiger partial charge in [0.25, 0.3) is 0 Å². The zero-order valence-corrected chi connectivity index (χ0v) is 12.4. The molecule has 0 fully saturated rings. The molecule has 1 N–H and O–H groups in total. The van der Waals surface area contributed by atoms with Crippen LogP contribution in [0.25, 0.3) is 0 Å². The number of nitrogens with zero attached hydrogens (tertiary/aromatic N) is 3. The normalized spacial score (nSPS) is 22.4. The molecule has 1 aromatic carbocycles. The molecule has 4 heteroatoms. The smallest absolute Gasteiger partial charge is 0.147 e. The number of hydrogen-bond donors (Lipinski definition) is 1. The van der Waals surface area contributed by atoms with E-state index in [1.165, 1.54) is 17.5 Å². The number of aromatic nitrogens is 3. The Kier molecular flexibility index (Phi) is 3.57. The highest BCUT2D eigenvalue weighted by Gasteiger charge is 2.29. The van der Waals surface area contributed by atoms with Crippen molar-refractivity contribution in [1.82, 2.24) is 20.1 Å². The second-order valence-electron chi connectivity index (χ2n) is 5.58. The first kappa shape index (κ1) is 13.3. The molecule has 0 saturated heterocycles. The zero-order chi connectivity index (χ0) is 14.1. The summed E-state index contributed by atoms with van der Waals surface area (Å²) in [4.78, 5) is 4.47. The maximum absolute atomic E-state index is 4.61. The molecule has 2 atom stereocenters. The monoisotopic (exact) mass is 270 g/mol. The molecule has 4 nitrogen and oxygen atoms in total. The molecule has 0 bridgehead atoms. The predicted octanol–water partition coefficient (Wildman–Crippen LogP) is 2.73. The van der Waals surface area contributed by atoms with Crippen LogP contribution in [0, 0.1) is 13.8 Å². The maximum atomic E-state index is 4.61. The van der Waals surface area contributed by atoms with Crippen LogP contribution in [-0.4, -0.2) is 21.8 Å². The average Bonchev–Trinajstić information content (AvgIpc) is 2.68. The van der Waals surface area contributed by atoms with Gasteiger partial charge in [-0.2, -0.15) is 5.10 Å². The van der Waals surface area contributed by atoms with Gasteiger partial charge in [-0.3, -0.25) is 0 Å². The fraction of sp³-hybridized carbons (Fsp3) is 0.500. The topological polar surface area (TPSA) is 42.7 Å². The van der Waals surface area contributed by atoms with Crippen molar-refractivity contribution in [3.63, 3.8) is 0 Å². The molecule has 3 rings (SSSR count). The van der Waals surface area contributed by atoms with Gasteiger partial charge in [-0.1, -0.05) is 24.3 Å². The van der Waals surface area contributed by atoms with E-state index in [1.54, 1.807) is 0 Å². The second kappa shape index (κ2) is 5.37. The molecule has 0 amide bonds. The summed E-state index contributed by atoms with van der Waals surface area (Å²) in [6.07, 6.45) is 3.47. The van der Waals surface area contributed by atoms with Gasteiger partial charge in [-0.05, 0) is 51.3 Å². The zero-order valence-electron chi connectivity index (χ0n) is 12.4. The second-order valence-corrected chi connectivity index (χ2v) is 5.58. The summed E-state index contributed by atoms with van der Waals surface area (Å²) in [6, 6.07) is 9.40. The van der Waals surface area contributed by atoms with Crippen molar-refractivity contribution < 1.29 is 0 Å². The molecule has 0 saturated carbocycles. The van der Waals surface area contributed by atoms with Gasteiger partial charge in [0.1, 0.15) is 11.6 Å². The molecule has 2 unspecified atom stereocenters. The van der Waals surface area contributed by atoms with Crippen molar-refractivity contribution in [2.75, 3.05) is 7.05 Å². The van der Waals surface area contributed by atoms with Crippen LogP contribution in [0.15, 0.2) is 24.3 Å². The minimum atomic E-state index is 0.300. The van der Waals surface area contributed by atoms with Crippen molar-refractivity contribution in [2.45, 2.75) is 45.2 Å². The van der Waals surface area contributed by atoms with Gasteiger partial charge < -0.3 is 5.32 Å². The number of likely N-dealkylation sites (N-methyl/N-ethyl adjacent to an activating group) is 1. The van der Waals surface area contributed by atoms with E-state index in [4.69, 9.17) is 0 Å². The number of hydrogen-bond acceptors (Lipinski definition) is 3. The van der Waals surface area contributed by atoms with Crippen LogP contribution in [0.4, 0.5) is 0 Å². The van der Waals surface area contributed by atoms with E-state index in [2.05, 4.69) is 44.3 Å². The van der Waals surface area contributed by atoms with Crippen LogP contribution in [-0.2, 0) is 6.42 Å². The van der Waals surface area contributed by atoms with Gasteiger partial charge in [-0.25, -0.2) is 9.67 Å². The largest absolute Gasteiger partial charge is 0.311 e. The Morgan fingerprint density at radius 1 is 1.25 bits per heavy atom. The SMILES string of the molecule is CNC1c2ccccc2CCCC1n1nc(C)nc1C. The van der Waals surface area contributed by atoms with Crippen molar-refractivity contribution in [3.8, 4) is 0 Å². The lowest BCUT2D eigenvalue weighted by atomic mass is 9.96. The molecule has 106 valence electrons. The van der Waals surface area contributed by atoms with E-state index in [1.807, 2.05) is 20.9 Å². The van der Waals surface area contributed by atoms with Crippen LogP contribution in [0.5, 0.6) is 0 Å². The quantitative estimate of drug-likeness (QED) is 0.853. The lowest BCUT2D eigenvalue weighted by molar-refractivity contribution is 0.322. The van der Waals surface area contributed by atoms with Gasteiger partial charge in [0, 0.05) is 0 Å². The third kappa shape index (κ3) is 2.24. The fourth-order valence-corrected chi connectivity index (χ4v) is 3.40. The Bertz CT molecular complexity index is 602. The van der Waals surface area contributed by atoms with Crippen LogP contribution in [0.1, 0.15) is 47.7 Å². The first-order valence-electron chi connectivity index (χ1n) is 7.35. The van der Waals surface area contributed by atoms with E-state index in [9.17, 15) is 0 Å². The van der Waals surface area contributed by atoms with E-state index in [0.29, 0.717) is 12.1 Å². The Hall–Kier alpha value is -1.68. The number of fused-ring (bicyclic) bond motifs is 1. The molecular formula is C16H22N4. The average molecular weight is 270 g/mol. The molecule has 2 aromatic rings. The molecule has 1 heterocycles. The van der Waals surface area contributed by atoms with Crippen molar-refractivity contribution in [2.24, 2.45) is 0 Å². The molecule has 1 aliphatic carbocycles. The summed E-state index contributed by atoms with van der Waals surface area (Å²) in [6.45, 7) is 4.01. The fourth-order valence-electron chi connectivity index (χ4n) is 3.40. The van der Waals surface area contributed by atoms with E-state index >= 15 is 0 Å². The Morgan fingerprint density at radius 3 is 2.75 bits per heavy atom. The van der Waals surface area contributed by atoms with Crippen LogP contribution in [0.2, 0.25) is 0 Å². The molecular weight excluding hydrogens is 248 g/mol. The summed E-state index contributed by atoms with van der Waals surface area (Å²) in [7, 11) is 2.04. The van der Waals surface area contributed by atoms with Crippen LogP contribution < -0.4 is 5.32 Å². The number of aryl methyl sites for hydroxylation is 3. The number of nitrogens with one attached hydrogen (secondary N) is 1. The number of benzene rings is 1. The molecule has 0 radical (unpaired) electrons. The summed E-state index contributed by atoms with van der Waals surface area (Å²) < 4.78 is 2.11. The maximum Gasteiger partial charge on any atom is 0.147 e. The Morgan fingerprint density at radius 2 is 2.05 bits per heavy atom. The highest BCUT2D eigenvalue weighted by Crippen LogP contribution is 2.36. The van der Waals surface area contributed by atoms with E-state index < -0.39 is 0 Å². The first-order valence-corrected chi connectivity index (χ1v) is 7.35. The first-order chi connectivity index (χ1) is 9.70. The van der Waals surface area contributed by atoms with Gasteiger partial charge >= 0.3 is 0 Å². The molecule has 20 heavy (non-hydrogen) atoms. The van der Waals surface area contributed by atoms with E-state index in [-0.39, 0.29) is 0 Å². The lowest BCUT2D eigenvalue weighted by Gasteiger charge is -2.27. The third-order valence-electron chi connectivity index (χ3n) is 4.25. The Balaban J connectivity index is 2.05. The van der Waals surface area contributed by atoms with Gasteiger partial charge in [0.05, 0.1) is 12.1 Å². The molecule has 0 aliphatic heterocycles. The van der Waals surface area contributed by atoms with E-state index in [0.717, 1.165) is 24.5 Å². The molecule has 1 aromatic heterocycles. The molecule has 0 spiro atoms. The van der Waals surface area contributed by atoms with Gasteiger partial charge in [0.15, 0.2) is 0 Å². The van der Waals surface area contributed by atoms with Crippen molar-refractivity contribution in [1.29, 1.82) is 0 Å². The van der Waals surface area contributed by atoms with Gasteiger partial charge in [-0.15, -0.1) is 0 Å². The summed E-state index contributed by atoms with van der Waals surface area (Å²) in [5, 5.41) is 8.11. The lowest BCUT2D eigenvalue weighted by Crippen LogP contribution is -2.28. The van der Waals surface area contributed by atoms with Crippen molar-refractivity contribution >= 4 is 0 Å². The van der Waals surface area contributed by atoms with Crippen LogP contribution in [0.3, 0.4) is 0 Å². The standard InChI is InChI=1S/C16H22N4/c1-11-18-12(2)20(19-11)15-10-6-8-13-7-4-5-9-14(13)16(15)17-3/h4-5,7,9,15-17H,6,8,10H2,1-3H3. The predicted molar refractivity (Wildman–Crippen MR) is 79.7 cm³/mol. The molecule has 1 aliphatic rings. The highest BCUT2D eigenvalue weighted by molar-refractivity contribution is 5.32. The minimum Gasteiger partial charge on any atom is -0.311 e. The van der Waals surface area contributed by atoms with Crippen LogP contribution >= 0.6 is 0 Å². The summed E-state index contributed by atoms with van der Waals surface area (Å²) in [5.74, 6) is 1.86. The van der Waals surface area contributed by atoms with Gasteiger partial charge in [0.2, 0.25) is 0 Å². The summed E-state index contributed by atoms with van der Waals surface area (Å²) in [5.41, 5.74) is 2.87. The Labute approximate surface area is 120 Å². The number of rotatable bonds is 2. The van der Waals surface area contributed by atoms with Crippen molar-refractivity contribution in [3.05, 3.63) is 47.0 Å². The third-order valence-corrected chi connectivity index (χ3v) is 4.25. The highest BCUT2D eigenvalue weighted by atomic mass is 15.4. The minimum absolute atomic E-state index is 0.300. The summed E-state index contributed by atoms with van der Waals surface area (Å²) >= 11 is 0.